The van der Waals surface area contributed by atoms with Crippen molar-refractivity contribution in [2.75, 3.05) is 19.7 Å². The van der Waals surface area contributed by atoms with Crippen molar-refractivity contribution in [2.24, 2.45) is 0 Å². The minimum absolute atomic E-state index is 0.0833. The van der Waals surface area contributed by atoms with Crippen molar-refractivity contribution < 1.29 is 13.9 Å². The third-order valence-electron chi connectivity index (χ3n) is 3.51. The first-order chi connectivity index (χ1) is 10.2. The van der Waals surface area contributed by atoms with Crippen molar-refractivity contribution in [1.82, 2.24) is 14.9 Å². The number of H-pyrrole nitrogens is 1. The van der Waals surface area contributed by atoms with Gasteiger partial charge >= 0.3 is 0 Å². The van der Waals surface area contributed by atoms with Gasteiger partial charge < -0.3 is 14.6 Å². The number of aromatic amines is 1. The Morgan fingerprint density at radius 3 is 3.19 bits per heavy atom. The van der Waals surface area contributed by atoms with Gasteiger partial charge in [-0.2, -0.15) is 0 Å². The van der Waals surface area contributed by atoms with Gasteiger partial charge in [-0.1, -0.05) is 12.1 Å². The molecule has 6 heteroatoms. The summed E-state index contributed by atoms with van der Waals surface area (Å²) in [7, 11) is 0. The average Bonchev–Trinajstić information content (AvgIpc) is 3.01. The van der Waals surface area contributed by atoms with Gasteiger partial charge in [0.15, 0.2) is 0 Å². The molecule has 1 atom stereocenters. The highest BCUT2D eigenvalue weighted by Gasteiger charge is 2.25. The second kappa shape index (κ2) is 6.05. The van der Waals surface area contributed by atoms with Gasteiger partial charge in [0.25, 0.3) is 5.91 Å². The molecule has 1 unspecified atom stereocenters. The van der Waals surface area contributed by atoms with Crippen LogP contribution in [0.3, 0.4) is 0 Å². The molecule has 1 aromatic heterocycles. The van der Waals surface area contributed by atoms with E-state index in [9.17, 15) is 9.18 Å². The summed E-state index contributed by atoms with van der Waals surface area (Å²) in [6.07, 6.45) is 3.47. The fourth-order valence-corrected chi connectivity index (χ4v) is 2.50. The van der Waals surface area contributed by atoms with E-state index in [1.165, 1.54) is 24.7 Å². The normalized spacial score (nSPS) is 18.7. The number of hydrogen-bond donors (Lipinski definition) is 1. The number of halogens is 1. The molecule has 1 aromatic carbocycles. The van der Waals surface area contributed by atoms with Crippen LogP contribution in [0.1, 0.15) is 16.1 Å². The number of carbonyl (C=O) groups is 1. The van der Waals surface area contributed by atoms with Crippen molar-refractivity contribution in [2.45, 2.75) is 12.5 Å². The van der Waals surface area contributed by atoms with E-state index in [2.05, 4.69) is 9.97 Å². The van der Waals surface area contributed by atoms with Crippen LogP contribution in [-0.2, 0) is 11.2 Å². The summed E-state index contributed by atoms with van der Waals surface area (Å²) in [6, 6.07) is 6.46. The molecule has 0 bridgehead atoms. The smallest absolute Gasteiger partial charge is 0.272 e. The Balaban J connectivity index is 1.64. The van der Waals surface area contributed by atoms with Crippen LogP contribution in [0.2, 0.25) is 0 Å². The van der Waals surface area contributed by atoms with Gasteiger partial charge in [0, 0.05) is 19.5 Å². The van der Waals surface area contributed by atoms with E-state index in [0.29, 0.717) is 31.8 Å². The zero-order chi connectivity index (χ0) is 14.7. The summed E-state index contributed by atoms with van der Waals surface area (Å²) in [5.74, 6) is -0.339. The van der Waals surface area contributed by atoms with Gasteiger partial charge in [0.1, 0.15) is 11.5 Å². The number of amides is 1. The van der Waals surface area contributed by atoms with Crippen LogP contribution in [0.25, 0.3) is 0 Å². The lowest BCUT2D eigenvalue weighted by molar-refractivity contribution is -0.0210. The van der Waals surface area contributed by atoms with E-state index in [1.807, 2.05) is 6.07 Å². The Labute approximate surface area is 121 Å². The summed E-state index contributed by atoms with van der Waals surface area (Å²) in [4.78, 5) is 20.7. The predicted molar refractivity (Wildman–Crippen MR) is 74.3 cm³/mol. The average molecular weight is 289 g/mol. The summed E-state index contributed by atoms with van der Waals surface area (Å²) in [5, 5.41) is 0. The molecule has 1 aliphatic heterocycles. The van der Waals surface area contributed by atoms with E-state index < -0.39 is 0 Å². The number of nitrogens with one attached hydrogen (secondary N) is 1. The van der Waals surface area contributed by atoms with E-state index in [4.69, 9.17) is 4.74 Å². The van der Waals surface area contributed by atoms with E-state index >= 15 is 0 Å². The molecule has 5 nitrogen and oxygen atoms in total. The monoisotopic (exact) mass is 289 g/mol. The molecule has 0 aliphatic carbocycles. The van der Waals surface area contributed by atoms with Crippen molar-refractivity contribution in [1.29, 1.82) is 0 Å². The molecule has 1 saturated heterocycles. The second-order valence-electron chi connectivity index (χ2n) is 5.04. The Kier molecular flexibility index (Phi) is 3.96. The Morgan fingerprint density at radius 2 is 2.43 bits per heavy atom. The number of hydrogen-bond acceptors (Lipinski definition) is 3. The standard InChI is InChI=1S/C15H16FN3O2/c16-12-3-1-2-11(6-12)7-13-9-19(4-5-21-13)15(20)14-8-17-10-18-14/h1-3,6,8,10,13H,4-5,7,9H2,(H,17,18). The van der Waals surface area contributed by atoms with Crippen molar-refractivity contribution in [3.8, 4) is 0 Å². The first-order valence-electron chi connectivity index (χ1n) is 6.86. The number of carbonyl (C=O) groups excluding carboxylic acids is 1. The number of nitrogens with zero attached hydrogens (tertiary/aromatic N) is 2. The van der Waals surface area contributed by atoms with Gasteiger partial charge in [0.05, 0.1) is 25.2 Å². The molecule has 3 rings (SSSR count). The summed E-state index contributed by atoms with van der Waals surface area (Å²) < 4.78 is 18.9. The zero-order valence-corrected chi connectivity index (χ0v) is 11.5. The third-order valence-corrected chi connectivity index (χ3v) is 3.51. The maximum Gasteiger partial charge on any atom is 0.272 e. The van der Waals surface area contributed by atoms with Crippen molar-refractivity contribution in [3.05, 3.63) is 53.9 Å². The number of benzene rings is 1. The summed E-state index contributed by atoms with van der Waals surface area (Å²) >= 11 is 0. The van der Waals surface area contributed by atoms with Crippen LogP contribution in [0.4, 0.5) is 4.39 Å². The molecule has 2 aromatic rings. The number of imidazole rings is 1. The maximum absolute atomic E-state index is 13.2. The Morgan fingerprint density at radius 1 is 1.52 bits per heavy atom. The minimum atomic E-state index is -0.256. The lowest BCUT2D eigenvalue weighted by Gasteiger charge is -2.32. The molecular formula is C15H16FN3O2. The van der Waals surface area contributed by atoms with Gasteiger partial charge in [-0.05, 0) is 17.7 Å². The van der Waals surface area contributed by atoms with Crippen molar-refractivity contribution >= 4 is 5.91 Å². The van der Waals surface area contributed by atoms with E-state index in [0.717, 1.165) is 5.56 Å². The molecule has 1 N–H and O–H groups in total. The third kappa shape index (κ3) is 3.28. The molecule has 0 saturated carbocycles. The zero-order valence-electron chi connectivity index (χ0n) is 11.5. The van der Waals surface area contributed by atoms with Gasteiger partial charge in [-0.3, -0.25) is 4.79 Å². The number of morpholine rings is 1. The highest BCUT2D eigenvalue weighted by molar-refractivity contribution is 5.92. The first-order valence-corrected chi connectivity index (χ1v) is 6.86. The number of ether oxygens (including phenoxy) is 1. The van der Waals surface area contributed by atoms with Crippen LogP contribution < -0.4 is 0 Å². The van der Waals surface area contributed by atoms with Gasteiger partial charge in [-0.15, -0.1) is 0 Å². The fourth-order valence-electron chi connectivity index (χ4n) is 2.50. The highest BCUT2D eigenvalue weighted by atomic mass is 19.1. The SMILES string of the molecule is O=C(c1cnc[nH]1)N1CCOC(Cc2cccc(F)c2)C1. The molecule has 110 valence electrons. The van der Waals surface area contributed by atoms with E-state index in [-0.39, 0.29) is 17.8 Å². The molecule has 1 aliphatic rings. The Bertz CT molecular complexity index is 615. The molecule has 2 heterocycles. The first kappa shape index (κ1) is 13.8. The van der Waals surface area contributed by atoms with Crippen LogP contribution >= 0.6 is 0 Å². The molecule has 0 radical (unpaired) electrons. The molecule has 21 heavy (non-hydrogen) atoms. The molecular weight excluding hydrogens is 273 g/mol. The van der Waals surface area contributed by atoms with Gasteiger partial charge in [0.2, 0.25) is 0 Å². The number of aromatic nitrogens is 2. The highest BCUT2D eigenvalue weighted by Crippen LogP contribution is 2.14. The molecule has 1 fully saturated rings. The van der Waals surface area contributed by atoms with Crippen LogP contribution in [0, 0.1) is 5.82 Å². The van der Waals surface area contributed by atoms with Crippen LogP contribution in [-0.4, -0.2) is 46.6 Å². The van der Waals surface area contributed by atoms with Crippen molar-refractivity contribution in [3.63, 3.8) is 0 Å². The summed E-state index contributed by atoms with van der Waals surface area (Å²) in [5.41, 5.74) is 1.34. The minimum Gasteiger partial charge on any atom is -0.374 e. The van der Waals surface area contributed by atoms with Crippen LogP contribution in [0.15, 0.2) is 36.8 Å². The lowest BCUT2D eigenvalue weighted by Crippen LogP contribution is -2.46. The second-order valence-corrected chi connectivity index (χ2v) is 5.04. The van der Waals surface area contributed by atoms with Crippen LogP contribution in [0.5, 0.6) is 0 Å². The lowest BCUT2D eigenvalue weighted by atomic mass is 10.1. The number of rotatable bonds is 3. The fraction of sp³-hybridized carbons (Fsp3) is 0.333. The topological polar surface area (TPSA) is 58.2 Å². The predicted octanol–water partition coefficient (Wildman–Crippen LogP) is 1.63. The van der Waals surface area contributed by atoms with E-state index in [1.54, 1.807) is 11.0 Å². The van der Waals surface area contributed by atoms with Gasteiger partial charge in [-0.25, -0.2) is 9.37 Å². The molecule has 0 spiro atoms. The Hall–Kier alpha value is -2.21. The summed E-state index contributed by atoms with van der Waals surface area (Å²) in [6.45, 7) is 1.53. The largest absolute Gasteiger partial charge is 0.374 e. The molecule has 1 amide bonds. The maximum atomic E-state index is 13.2. The quantitative estimate of drug-likeness (QED) is 0.934.